The van der Waals surface area contributed by atoms with Crippen molar-refractivity contribution >= 4 is 23.5 Å². The van der Waals surface area contributed by atoms with Gasteiger partial charge in [0.15, 0.2) is 0 Å². The van der Waals surface area contributed by atoms with E-state index in [9.17, 15) is 9.59 Å². The molecular formula is C19H28ClN3O2. The molecule has 138 valence electrons. The molecule has 0 unspecified atom stereocenters. The molecule has 25 heavy (non-hydrogen) atoms. The van der Waals surface area contributed by atoms with E-state index in [1.807, 2.05) is 24.3 Å². The lowest BCUT2D eigenvalue weighted by molar-refractivity contribution is -0.121. The average Bonchev–Trinajstić information content (AvgIpc) is 2.60. The second-order valence-corrected chi connectivity index (χ2v) is 7.01. The largest absolute Gasteiger partial charge is 0.356 e. The maximum Gasteiger partial charge on any atom is 0.315 e. The van der Waals surface area contributed by atoms with Crippen molar-refractivity contribution in [3.8, 4) is 0 Å². The third kappa shape index (κ3) is 8.25. The van der Waals surface area contributed by atoms with Crippen molar-refractivity contribution < 1.29 is 9.59 Å². The van der Waals surface area contributed by atoms with Crippen LogP contribution in [0, 0.1) is 0 Å². The van der Waals surface area contributed by atoms with E-state index in [4.69, 9.17) is 11.6 Å². The second kappa shape index (κ2) is 11.0. The molecule has 1 aromatic rings. The van der Waals surface area contributed by atoms with Gasteiger partial charge in [-0.05, 0) is 43.4 Å². The van der Waals surface area contributed by atoms with Crippen molar-refractivity contribution in [2.45, 2.75) is 57.4 Å². The Morgan fingerprint density at radius 1 is 1.08 bits per heavy atom. The molecule has 1 aliphatic rings. The van der Waals surface area contributed by atoms with Crippen LogP contribution in [0.1, 0.15) is 50.5 Å². The van der Waals surface area contributed by atoms with Crippen LogP contribution in [0.2, 0.25) is 5.02 Å². The molecule has 0 radical (unpaired) electrons. The van der Waals surface area contributed by atoms with Crippen molar-refractivity contribution in [1.29, 1.82) is 0 Å². The molecule has 3 amide bonds. The SMILES string of the molecule is O=C(CCCNC(=O)NC1CCCCC1)NCCc1cccc(Cl)c1. The predicted octanol–water partition coefficient (Wildman–Crippen LogP) is 3.41. The monoisotopic (exact) mass is 365 g/mol. The highest BCUT2D eigenvalue weighted by molar-refractivity contribution is 6.30. The third-order valence-corrected chi connectivity index (χ3v) is 4.67. The summed E-state index contributed by atoms with van der Waals surface area (Å²) in [4.78, 5) is 23.6. The van der Waals surface area contributed by atoms with Crippen molar-refractivity contribution in [2.24, 2.45) is 0 Å². The van der Waals surface area contributed by atoms with E-state index in [1.165, 1.54) is 19.3 Å². The number of hydrogen-bond donors (Lipinski definition) is 3. The van der Waals surface area contributed by atoms with Gasteiger partial charge in [0.05, 0.1) is 0 Å². The fourth-order valence-electron chi connectivity index (χ4n) is 3.06. The number of carbonyl (C=O) groups is 2. The summed E-state index contributed by atoms with van der Waals surface area (Å²) in [5.74, 6) is 0.0107. The molecule has 0 heterocycles. The van der Waals surface area contributed by atoms with Gasteiger partial charge >= 0.3 is 6.03 Å². The van der Waals surface area contributed by atoms with Gasteiger partial charge in [-0.3, -0.25) is 4.79 Å². The zero-order valence-corrected chi connectivity index (χ0v) is 15.4. The van der Waals surface area contributed by atoms with Gasteiger partial charge < -0.3 is 16.0 Å². The van der Waals surface area contributed by atoms with Crippen LogP contribution >= 0.6 is 11.6 Å². The summed E-state index contributed by atoms with van der Waals surface area (Å²) in [6.07, 6.45) is 7.62. The smallest absolute Gasteiger partial charge is 0.315 e. The Kier molecular flexibility index (Phi) is 8.60. The molecule has 3 N–H and O–H groups in total. The van der Waals surface area contributed by atoms with Crippen LogP contribution in [0.25, 0.3) is 0 Å². The molecule has 2 rings (SSSR count). The zero-order valence-electron chi connectivity index (χ0n) is 14.7. The van der Waals surface area contributed by atoms with E-state index in [0.29, 0.717) is 37.0 Å². The van der Waals surface area contributed by atoms with Crippen LogP contribution in [0.15, 0.2) is 24.3 Å². The topological polar surface area (TPSA) is 70.2 Å². The van der Waals surface area contributed by atoms with E-state index in [0.717, 1.165) is 24.8 Å². The van der Waals surface area contributed by atoms with Gasteiger partial charge in [0.2, 0.25) is 5.91 Å². The lowest BCUT2D eigenvalue weighted by Gasteiger charge is -2.22. The summed E-state index contributed by atoms with van der Waals surface area (Å²) in [7, 11) is 0. The van der Waals surface area contributed by atoms with Gasteiger partial charge in [0, 0.05) is 30.6 Å². The van der Waals surface area contributed by atoms with E-state index in [-0.39, 0.29) is 11.9 Å². The maximum absolute atomic E-state index is 11.8. The van der Waals surface area contributed by atoms with Crippen molar-refractivity contribution in [3.05, 3.63) is 34.9 Å². The van der Waals surface area contributed by atoms with Gasteiger partial charge in [-0.2, -0.15) is 0 Å². The second-order valence-electron chi connectivity index (χ2n) is 6.57. The molecule has 0 saturated heterocycles. The summed E-state index contributed by atoms with van der Waals surface area (Å²) in [6.45, 7) is 1.11. The Bertz CT molecular complexity index is 559. The average molecular weight is 366 g/mol. The van der Waals surface area contributed by atoms with Crippen molar-refractivity contribution in [3.63, 3.8) is 0 Å². The minimum absolute atomic E-state index is 0.0107. The third-order valence-electron chi connectivity index (χ3n) is 4.43. The molecule has 0 bridgehead atoms. The number of carbonyl (C=O) groups excluding carboxylic acids is 2. The number of hydrogen-bond acceptors (Lipinski definition) is 2. The molecule has 1 aromatic carbocycles. The summed E-state index contributed by atoms with van der Waals surface area (Å²) < 4.78 is 0. The summed E-state index contributed by atoms with van der Waals surface area (Å²) >= 11 is 5.93. The summed E-state index contributed by atoms with van der Waals surface area (Å²) in [5, 5.41) is 9.44. The highest BCUT2D eigenvalue weighted by Crippen LogP contribution is 2.17. The minimum Gasteiger partial charge on any atom is -0.356 e. The molecule has 0 spiro atoms. The van der Waals surface area contributed by atoms with Crippen LogP contribution < -0.4 is 16.0 Å². The van der Waals surface area contributed by atoms with E-state index in [1.54, 1.807) is 0 Å². The van der Waals surface area contributed by atoms with Crippen LogP contribution in [-0.4, -0.2) is 31.1 Å². The molecule has 1 fully saturated rings. The van der Waals surface area contributed by atoms with Crippen molar-refractivity contribution in [1.82, 2.24) is 16.0 Å². The Morgan fingerprint density at radius 3 is 2.64 bits per heavy atom. The first-order valence-electron chi connectivity index (χ1n) is 9.19. The number of nitrogens with one attached hydrogen (secondary N) is 3. The first kappa shape index (κ1) is 19.6. The number of urea groups is 1. The highest BCUT2D eigenvalue weighted by Gasteiger charge is 2.15. The van der Waals surface area contributed by atoms with Gasteiger partial charge in [-0.25, -0.2) is 4.79 Å². The Balaban J connectivity index is 1.49. The van der Waals surface area contributed by atoms with E-state index >= 15 is 0 Å². The van der Waals surface area contributed by atoms with Gasteiger partial charge in [-0.15, -0.1) is 0 Å². The fraction of sp³-hybridized carbons (Fsp3) is 0.579. The molecule has 1 saturated carbocycles. The maximum atomic E-state index is 11.8. The summed E-state index contributed by atoms with van der Waals surface area (Å²) in [5.41, 5.74) is 1.11. The van der Waals surface area contributed by atoms with Crippen LogP contribution in [0.3, 0.4) is 0 Å². The molecule has 1 aliphatic carbocycles. The van der Waals surface area contributed by atoms with E-state index in [2.05, 4.69) is 16.0 Å². The number of rotatable bonds is 8. The lowest BCUT2D eigenvalue weighted by atomic mass is 9.96. The van der Waals surface area contributed by atoms with Crippen LogP contribution in [-0.2, 0) is 11.2 Å². The summed E-state index contributed by atoms with van der Waals surface area (Å²) in [6, 6.07) is 7.83. The molecule has 0 aromatic heterocycles. The number of amides is 3. The Morgan fingerprint density at radius 2 is 1.88 bits per heavy atom. The molecule has 0 atom stereocenters. The molecule has 0 aliphatic heterocycles. The highest BCUT2D eigenvalue weighted by atomic mass is 35.5. The van der Waals surface area contributed by atoms with Crippen molar-refractivity contribution in [2.75, 3.05) is 13.1 Å². The van der Waals surface area contributed by atoms with Gasteiger partial charge in [-0.1, -0.05) is 43.0 Å². The predicted molar refractivity (Wildman–Crippen MR) is 101 cm³/mol. The number of halogens is 1. The Hall–Kier alpha value is -1.75. The molecular weight excluding hydrogens is 338 g/mol. The van der Waals surface area contributed by atoms with E-state index < -0.39 is 0 Å². The first-order valence-corrected chi connectivity index (χ1v) is 9.57. The Labute approximate surface area is 154 Å². The van der Waals surface area contributed by atoms with Crippen LogP contribution in [0.4, 0.5) is 4.79 Å². The first-order chi connectivity index (χ1) is 12.1. The lowest BCUT2D eigenvalue weighted by Crippen LogP contribution is -2.43. The standard InChI is InChI=1S/C19H28ClN3O2/c20-16-7-4-6-15(14-16)11-13-21-18(24)10-5-12-22-19(25)23-17-8-2-1-3-9-17/h4,6-7,14,17H,1-3,5,8-13H2,(H,21,24)(H2,22,23,25). The minimum atomic E-state index is -0.117. The molecule has 6 heteroatoms. The van der Waals surface area contributed by atoms with Gasteiger partial charge in [0.1, 0.15) is 0 Å². The van der Waals surface area contributed by atoms with Crippen LogP contribution in [0.5, 0.6) is 0 Å². The van der Waals surface area contributed by atoms with Gasteiger partial charge in [0.25, 0.3) is 0 Å². The molecule has 5 nitrogen and oxygen atoms in total. The fourth-order valence-corrected chi connectivity index (χ4v) is 3.27. The normalized spacial score (nSPS) is 14.8. The quantitative estimate of drug-likeness (QED) is 0.618. The zero-order chi connectivity index (χ0) is 17.9. The number of benzene rings is 1.